The van der Waals surface area contributed by atoms with Gasteiger partial charge in [0.25, 0.3) is 0 Å². The van der Waals surface area contributed by atoms with Crippen molar-refractivity contribution in [3.8, 4) is 5.75 Å². The van der Waals surface area contributed by atoms with Crippen molar-refractivity contribution in [2.75, 3.05) is 26.7 Å². The molecule has 0 saturated carbocycles. The Bertz CT molecular complexity index is 448. The Kier molecular flexibility index (Phi) is 4.43. The molecule has 0 aromatic heterocycles. The lowest BCUT2D eigenvalue weighted by atomic mass is 9.98. The number of piperazine rings is 1. The summed E-state index contributed by atoms with van der Waals surface area (Å²) in [7, 11) is 1.64. The number of carbonyl (C=O) groups is 1. The van der Waals surface area contributed by atoms with Crippen LogP contribution in [0.1, 0.15) is 25.3 Å². The fourth-order valence-corrected chi connectivity index (χ4v) is 2.47. The minimum Gasteiger partial charge on any atom is -0.497 e. The number of amides is 1. The van der Waals surface area contributed by atoms with Gasteiger partial charge in [-0.15, -0.1) is 0 Å². The van der Waals surface area contributed by atoms with Crippen molar-refractivity contribution in [3.63, 3.8) is 0 Å². The highest BCUT2D eigenvalue weighted by molar-refractivity contribution is 5.83. The SMILES string of the molecule is COc1cccc(C(C)C(=O)N2CCNC[C@@H]2C)c1. The van der Waals surface area contributed by atoms with Crippen molar-refractivity contribution in [3.05, 3.63) is 29.8 Å². The molecule has 0 aliphatic carbocycles. The standard InChI is InChI=1S/C15H22N2O2/c1-11-10-16-7-8-17(11)15(18)12(2)13-5-4-6-14(9-13)19-3/h4-6,9,11-12,16H,7-8,10H2,1-3H3/t11-,12?/m0/s1. The van der Waals surface area contributed by atoms with Gasteiger partial charge >= 0.3 is 0 Å². The van der Waals surface area contributed by atoms with E-state index in [4.69, 9.17) is 4.74 Å². The molecule has 1 fully saturated rings. The van der Waals surface area contributed by atoms with Crippen LogP contribution in [0, 0.1) is 0 Å². The first-order chi connectivity index (χ1) is 9.13. The number of rotatable bonds is 3. The fraction of sp³-hybridized carbons (Fsp3) is 0.533. The lowest BCUT2D eigenvalue weighted by Crippen LogP contribution is -2.53. The summed E-state index contributed by atoms with van der Waals surface area (Å²) in [5.74, 6) is 0.864. The lowest BCUT2D eigenvalue weighted by Gasteiger charge is -2.35. The smallest absolute Gasteiger partial charge is 0.230 e. The van der Waals surface area contributed by atoms with E-state index in [0.717, 1.165) is 30.9 Å². The fourth-order valence-electron chi connectivity index (χ4n) is 2.47. The molecule has 4 heteroatoms. The third kappa shape index (κ3) is 3.07. The number of nitrogens with zero attached hydrogens (tertiary/aromatic N) is 1. The van der Waals surface area contributed by atoms with Crippen molar-refractivity contribution < 1.29 is 9.53 Å². The van der Waals surface area contributed by atoms with E-state index in [1.807, 2.05) is 36.1 Å². The molecule has 1 saturated heterocycles. The molecule has 104 valence electrons. The van der Waals surface area contributed by atoms with Crippen molar-refractivity contribution in [2.24, 2.45) is 0 Å². The molecule has 0 radical (unpaired) electrons. The monoisotopic (exact) mass is 262 g/mol. The summed E-state index contributed by atoms with van der Waals surface area (Å²) in [6.45, 7) is 6.58. The molecular formula is C15H22N2O2. The van der Waals surface area contributed by atoms with Crippen molar-refractivity contribution in [2.45, 2.75) is 25.8 Å². The van der Waals surface area contributed by atoms with Gasteiger partial charge in [0, 0.05) is 25.7 Å². The van der Waals surface area contributed by atoms with Crippen LogP contribution in [-0.4, -0.2) is 43.6 Å². The number of benzene rings is 1. The Morgan fingerprint density at radius 1 is 1.53 bits per heavy atom. The number of methoxy groups -OCH3 is 1. The molecule has 1 N–H and O–H groups in total. The predicted molar refractivity (Wildman–Crippen MR) is 75.5 cm³/mol. The van der Waals surface area contributed by atoms with E-state index in [-0.39, 0.29) is 17.9 Å². The summed E-state index contributed by atoms with van der Waals surface area (Å²) < 4.78 is 5.22. The molecule has 1 amide bonds. The molecule has 4 nitrogen and oxygen atoms in total. The van der Waals surface area contributed by atoms with Crippen LogP contribution in [0.5, 0.6) is 5.75 Å². The van der Waals surface area contributed by atoms with Gasteiger partial charge in [-0.1, -0.05) is 12.1 Å². The summed E-state index contributed by atoms with van der Waals surface area (Å²) in [5.41, 5.74) is 1.01. The number of nitrogens with one attached hydrogen (secondary N) is 1. The minimum atomic E-state index is -0.129. The Labute approximate surface area is 114 Å². The third-order valence-corrected chi connectivity index (χ3v) is 3.75. The zero-order valence-electron chi connectivity index (χ0n) is 11.8. The molecule has 1 aliphatic heterocycles. The second-order valence-electron chi connectivity index (χ2n) is 5.08. The molecule has 0 spiro atoms. The summed E-state index contributed by atoms with van der Waals surface area (Å²) >= 11 is 0. The maximum Gasteiger partial charge on any atom is 0.230 e. The zero-order valence-corrected chi connectivity index (χ0v) is 11.8. The molecule has 0 bridgehead atoms. The van der Waals surface area contributed by atoms with E-state index in [0.29, 0.717) is 0 Å². The molecule has 1 unspecified atom stereocenters. The van der Waals surface area contributed by atoms with Crippen LogP contribution in [0.3, 0.4) is 0 Å². The predicted octanol–water partition coefficient (Wildman–Crippen LogP) is 1.62. The van der Waals surface area contributed by atoms with Crippen molar-refractivity contribution in [1.29, 1.82) is 0 Å². The van der Waals surface area contributed by atoms with E-state index >= 15 is 0 Å². The second-order valence-corrected chi connectivity index (χ2v) is 5.08. The van der Waals surface area contributed by atoms with E-state index < -0.39 is 0 Å². The normalized spacial score (nSPS) is 21.0. The van der Waals surface area contributed by atoms with Crippen molar-refractivity contribution >= 4 is 5.91 Å². The van der Waals surface area contributed by atoms with Gasteiger partial charge in [-0.3, -0.25) is 4.79 Å². The molecule has 1 aliphatic rings. The molecule has 1 heterocycles. The largest absolute Gasteiger partial charge is 0.497 e. The van der Waals surface area contributed by atoms with Crippen LogP contribution in [-0.2, 0) is 4.79 Å². The van der Waals surface area contributed by atoms with Crippen LogP contribution < -0.4 is 10.1 Å². The zero-order chi connectivity index (χ0) is 13.8. The summed E-state index contributed by atoms with van der Waals surface area (Å²) in [6.07, 6.45) is 0. The maximum atomic E-state index is 12.6. The Morgan fingerprint density at radius 3 is 3.00 bits per heavy atom. The molecule has 2 atom stereocenters. The summed E-state index contributed by atoms with van der Waals surface area (Å²) in [6, 6.07) is 8.01. The minimum absolute atomic E-state index is 0.129. The van der Waals surface area contributed by atoms with Gasteiger partial charge in [-0.05, 0) is 31.5 Å². The average Bonchev–Trinajstić information content (AvgIpc) is 2.46. The molecule has 1 aromatic carbocycles. The van der Waals surface area contributed by atoms with Crippen LogP contribution in [0.4, 0.5) is 0 Å². The molecule has 19 heavy (non-hydrogen) atoms. The summed E-state index contributed by atoms with van der Waals surface area (Å²) in [4.78, 5) is 14.5. The summed E-state index contributed by atoms with van der Waals surface area (Å²) in [5, 5.41) is 3.30. The number of carbonyl (C=O) groups excluding carboxylic acids is 1. The first-order valence-electron chi connectivity index (χ1n) is 6.78. The van der Waals surface area contributed by atoms with Crippen molar-refractivity contribution in [1.82, 2.24) is 10.2 Å². The molecule has 1 aromatic rings. The highest BCUT2D eigenvalue weighted by atomic mass is 16.5. The van der Waals surface area contributed by atoms with E-state index in [2.05, 4.69) is 12.2 Å². The van der Waals surface area contributed by atoms with E-state index in [9.17, 15) is 4.79 Å². The van der Waals surface area contributed by atoms with Crippen LogP contribution in [0.2, 0.25) is 0 Å². The van der Waals surface area contributed by atoms with Crippen LogP contribution in [0.15, 0.2) is 24.3 Å². The van der Waals surface area contributed by atoms with Gasteiger partial charge in [-0.25, -0.2) is 0 Å². The quantitative estimate of drug-likeness (QED) is 0.900. The third-order valence-electron chi connectivity index (χ3n) is 3.75. The molecule has 2 rings (SSSR count). The van der Waals surface area contributed by atoms with Gasteiger partial charge in [0.05, 0.1) is 13.0 Å². The van der Waals surface area contributed by atoms with Gasteiger partial charge < -0.3 is 15.0 Å². The molecular weight excluding hydrogens is 240 g/mol. The highest BCUT2D eigenvalue weighted by Crippen LogP contribution is 2.23. The highest BCUT2D eigenvalue weighted by Gasteiger charge is 2.27. The van der Waals surface area contributed by atoms with E-state index in [1.54, 1.807) is 7.11 Å². The number of hydrogen-bond acceptors (Lipinski definition) is 3. The van der Waals surface area contributed by atoms with Crippen LogP contribution in [0.25, 0.3) is 0 Å². The first kappa shape index (κ1) is 13.9. The topological polar surface area (TPSA) is 41.6 Å². The maximum absolute atomic E-state index is 12.6. The van der Waals surface area contributed by atoms with Gasteiger partial charge in [0.1, 0.15) is 5.75 Å². The van der Waals surface area contributed by atoms with Gasteiger partial charge in [-0.2, -0.15) is 0 Å². The van der Waals surface area contributed by atoms with Crippen LogP contribution >= 0.6 is 0 Å². The Balaban J connectivity index is 2.13. The second kappa shape index (κ2) is 6.06. The Morgan fingerprint density at radius 2 is 2.32 bits per heavy atom. The number of hydrogen-bond donors (Lipinski definition) is 1. The van der Waals surface area contributed by atoms with Gasteiger partial charge in [0.15, 0.2) is 0 Å². The average molecular weight is 262 g/mol. The Hall–Kier alpha value is -1.55. The lowest BCUT2D eigenvalue weighted by molar-refractivity contribution is -0.135. The van der Waals surface area contributed by atoms with E-state index in [1.165, 1.54) is 0 Å². The van der Waals surface area contributed by atoms with Gasteiger partial charge in [0.2, 0.25) is 5.91 Å². The number of ether oxygens (including phenoxy) is 1. The first-order valence-corrected chi connectivity index (χ1v) is 6.78.